The normalized spacial score (nSPS) is 14.4. The lowest BCUT2D eigenvalue weighted by atomic mass is 9.97. The fourth-order valence-electron chi connectivity index (χ4n) is 3.57. The van der Waals surface area contributed by atoms with Crippen LogP contribution in [0.5, 0.6) is 5.75 Å². The maximum atomic E-state index is 12.6. The van der Waals surface area contributed by atoms with Crippen LogP contribution in [0.15, 0.2) is 29.8 Å². The number of rotatable bonds is 6. The van der Waals surface area contributed by atoms with Crippen molar-refractivity contribution in [1.29, 1.82) is 0 Å². The van der Waals surface area contributed by atoms with Crippen LogP contribution in [0.1, 0.15) is 50.3 Å². The number of likely N-dealkylation sites (tertiary alicyclic amines) is 1. The van der Waals surface area contributed by atoms with Gasteiger partial charge >= 0.3 is 0 Å². The zero-order valence-electron chi connectivity index (χ0n) is 18.4. The van der Waals surface area contributed by atoms with Gasteiger partial charge in [-0.05, 0) is 56.9 Å². The third-order valence-electron chi connectivity index (χ3n) is 5.63. The molecule has 9 heteroatoms. The van der Waals surface area contributed by atoms with Gasteiger partial charge in [-0.3, -0.25) is 14.9 Å². The van der Waals surface area contributed by atoms with Gasteiger partial charge in [0.15, 0.2) is 11.7 Å². The Labute approximate surface area is 195 Å². The third kappa shape index (κ3) is 5.34. The smallest absolute Gasteiger partial charge is 0.276 e. The number of ether oxygens (including phenoxy) is 1. The summed E-state index contributed by atoms with van der Waals surface area (Å²) in [6, 6.07) is 5.86. The molecular weight excluding hydrogens is 444 g/mol. The van der Waals surface area contributed by atoms with Crippen LogP contribution in [0.4, 0.5) is 5.13 Å². The number of anilines is 1. The highest BCUT2D eigenvalue weighted by Crippen LogP contribution is 2.31. The minimum Gasteiger partial charge on any atom is -0.484 e. The lowest BCUT2D eigenvalue weighted by Gasteiger charge is -2.31. The summed E-state index contributed by atoms with van der Waals surface area (Å²) >= 11 is 2.94. The second-order valence-corrected chi connectivity index (χ2v) is 10.1. The van der Waals surface area contributed by atoms with Crippen molar-refractivity contribution in [3.63, 3.8) is 0 Å². The molecule has 0 bridgehead atoms. The Morgan fingerprint density at radius 1 is 1.19 bits per heavy atom. The van der Waals surface area contributed by atoms with Gasteiger partial charge in [0.05, 0.1) is 5.01 Å². The van der Waals surface area contributed by atoms with Crippen molar-refractivity contribution in [3.8, 4) is 5.75 Å². The van der Waals surface area contributed by atoms with Crippen molar-refractivity contribution in [1.82, 2.24) is 14.9 Å². The van der Waals surface area contributed by atoms with Crippen molar-refractivity contribution >= 4 is 39.6 Å². The molecule has 0 spiro atoms. The molecule has 1 aliphatic rings. The number of thiazole rings is 2. The number of carbonyl (C=O) groups excluding carboxylic acids is 2. The summed E-state index contributed by atoms with van der Waals surface area (Å²) in [5, 5.41) is 6.12. The van der Waals surface area contributed by atoms with Crippen molar-refractivity contribution < 1.29 is 14.3 Å². The molecule has 0 atom stereocenters. The standard InChI is InChI=1S/C23H26N4O3S2/c1-14-4-5-18(10-15(14)2)30-12-20(28)27-8-6-17(7-9-27)22-25-19(13-31-22)21(29)26-23-24-11-16(3)32-23/h4-5,10-11,13,17H,6-9,12H2,1-3H3,(H,24,26,29). The van der Waals surface area contributed by atoms with Crippen LogP contribution in [0.3, 0.4) is 0 Å². The van der Waals surface area contributed by atoms with E-state index in [4.69, 9.17) is 4.74 Å². The van der Waals surface area contributed by atoms with Crippen LogP contribution in [-0.4, -0.2) is 46.4 Å². The molecule has 2 amide bonds. The molecule has 7 nitrogen and oxygen atoms in total. The van der Waals surface area contributed by atoms with Gasteiger partial charge in [-0.25, -0.2) is 9.97 Å². The van der Waals surface area contributed by atoms with E-state index in [-0.39, 0.29) is 24.3 Å². The quantitative estimate of drug-likeness (QED) is 0.571. The van der Waals surface area contributed by atoms with Gasteiger partial charge in [0.2, 0.25) is 0 Å². The van der Waals surface area contributed by atoms with Gasteiger partial charge in [-0.2, -0.15) is 0 Å². The largest absolute Gasteiger partial charge is 0.484 e. The molecule has 168 valence electrons. The van der Waals surface area contributed by atoms with E-state index in [1.54, 1.807) is 11.6 Å². The molecule has 1 aliphatic heterocycles. The number of aromatic nitrogens is 2. The fourth-order valence-corrected chi connectivity index (χ4v) is 5.20. The predicted molar refractivity (Wildman–Crippen MR) is 127 cm³/mol. The Bertz CT molecular complexity index is 1120. The van der Waals surface area contributed by atoms with Crippen molar-refractivity contribution in [3.05, 3.63) is 56.5 Å². The van der Waals surface area contributed by atoms with E-state index in [9.17, 15) is 9.59 Å². The molecule has 1 N–H and O–H groups in total. The van der Waals surface area contributed by atoms with E-state index in [0.29, 0.717) is 23.9 Å². The maximum Gasteiger partial charge on any atom is 0.276 e. The molecule has 1 saturated heterocycles. The first kappa shape index (κ1) is 22.4. The van der Waals surface area contributed by atoms with Crippen LogP contribution < -0.4 is 10.1 Å². The molecule has 2 aromatic heterocycles. The first-order valence-electron chi connectivity index (χ1n) is 10.6. The third-order valence-corrected chi connectivity index (χ3v) is 7.47. The fraction of sp³-hybridized carbons (Fsp3) is 0.391. The predicted octanol–water partition coefficient (Wildman–Crippen LogP) is 4.56. The van der Waals surface area contributed by atoms with Crippen LogP contribution in [0, 0.1) is 20.8 Å². The second kappa shape index (κ2) is 9.79. The van der Waals surface area contributed by atoms with Crippen LogP contribution in [0.2, 0.25) is 0 Å². The van der Waals surface area contributed by atoms with E-state index in [2.05, 4.69) is 15.3 Å². The number of benzene rings is 1. The van der Waals surface area contributed by atoms with Gasteiger partial charge < -0.3 is 9.64 Å². The minimum atomic E-state index is -0.238. The lowest BCUT2D eigenvalue weighted by molar-refractivity contribution is -0.134. The first-order valence-corrected chi connectivity index (χ1v) is 12.3. The molecule has 0 aliphatic carbocycles. The number of aryl methyl sites for hydroxylation is 3. The summed E-state index contributed by atoms with van der Waals surface area (Å²) in [5.74, 6) is 0.740. The highest BCUT2D eigenvalue weighted by Gasteiger charge is 2.26. The summed E-state index contributed by atoms with van der Waals surface area (Å²) in [6.45, 7) is 7.40. The van der Waals surface area contributed by atoms with Gasteiger partial charge in [0.25, 0.3) is 11.8 Å². The monoisotopic (exact) mass is 470 g/mol. The Kier molecular flexibility index (Phi) is 6.86. The number of carbonyl (C=O) groups is 2. The maximum absolute atomic E-state index is 12.6. The SMILES string of the molecule is Cc1cnc(NC(=O)c2csc(C3CCN(C(=O)COc4ccc(C)c(C)c4)CC3)n2)s1. The molecule has 1 aromatic carbocycles. The number of amides is 2. The zero-order chi connectivity index (χ0) is 22.7. The number of nitrogens with one attached hydrogen (secondary N) is 1. The Hall–Kier alpha value is -2.78. The Morgan fingerprint density at radius 2 is 1.97 bits per heavy atom. The van der Waals surface area contributed by atoms with Crippen LogP contribution in [0.25, 0.3) is 0 Å². The van der Waals surface area contributed by atoms with Crippen LogP contribution in [-0.2, 0) is 4.79 Å². The zero-order valence-corrected chi connectivity index (χ0v) is 20.0. The van der Waals surface area contributed by atoms with E-state index < -0.39 is 0 Å². The first-order chi connectivity index (χ1) is 15.4. The van der Waals surface area contributed by atoms with Gasteiger partial charge in [0, 0.05) is 35.5 Å². The molecule has 4 rings (SSSR count). The molecule has 0 unspecified atom stereocenters. The summed E-state index contributed by atoms with van der Waals surface area (Å²) < 4.78 is 5.70. The van der Waals surface area contributed by atoms with Crippen molar-refractivity contribution in [2.24, 2.45) is 0 Å². The van der Waals surface area contributed by atoms with E-state index in [1.807, 2.05) is 43.9 Å². The van der Waals surface area contributed by atoms with Crippen LogP contribution >= 0.6 is 22.7 Å². The molecule has 32 heavy (non-hydrogen) atoms. The topological polar surface area (TPSA) is 84.4 Å². The summed E-state index contributed by atoms with van der Waals surface area (Å²) in [5.41, 5.74) is 2.76. The van der Waals surface area contributed by atoms with Gasteiger partial charge in [0.1, 0.15) is 11.4 Å². The summed E-state index contributed by atoms with van der Waals surface area (Å²) in [6.07, 6.45) is 3.39. The molecule has 0 radical (unpaired) electrons. The molecule has 0 saturated carbocycles. The molecule has 1 fully saturated rings. The number of hydrogen-bond acceptors (Lipinski definition) is 7. The second-order valence-electron chi connectivity index (χ2n) is 7.99. The summed E-state index contributed by atoms with van der Waals surface area (Å²) in [4.78, 5) is 36.6. The molecular formula is C23H26N4O3S2. The molecule has 3 heterocycles. The summed E-state index contributed by atoms with van der Waals surface area (Å²) in [7, 11) is 0. The van der Waals surface area contributed by atoms with Gasteiger partial charge in [-0.1, -0.05) is 6.07 Å². The van der Waals surface area contributed by atoms with E-state index in [0.717, 1.165) is 34.0 Å². The average Bonchev–Trinajstić information content (AvgIpc) is 3.44. The van der Waals surface area contributed by atoms with Crippen molar-refractivity contribution in [2.75, 3.05) is 25.0 Å². The Balaban J connectivity index is 1.26. The Morgan fingerprint density at radius 3 is 2.66 bits per heavy atom. The van der Waals surface area contributed by atoms with E-state index in [1.165, 1.54) is 28.2 Å². The highest BCUT2D eigenvalue weighted by atomic mass is 32.1. The highest BCUT2D eigenvalue weighted by molar-refractivity contribution is 7.15. The number of hydrogen-bond donors (Lipinski definition) is 1. The van der Waals surface area contributed by atoms with Gasteiger partial charge in [-0.15, -0.1) is 22.7 Å². The van der Waals surface area contributed by atoms with E-state index >= 15 is 0 Å². The minimum absolute atomic E-state index is 0.000347. The molecule has 3 aromatic rings. The van der Waals surface area contributed by atoms with Crippen molar-refractivity contribution in [2.45, 2.75) is 39.5 Å². The average molecular weight is 471 g/mol. The lowest BCUT2D eigenvalue weighted by Crippen LogP contribution is -2.40. The number of piperidine rings is 1. The number of nitrogens with zero attached hydrogens (tertiary/aromatic N) is 3.